The molecule has 0 bridgehead atoms. The molecule has 0 saturated carbocycles. The number of likely N-dealkylation sites (N-methyl/N-ethyl adjacent to an activating group) is 1. The normalized spacial score (nSPS) is 19.2. The SMILES string of the molecule is CCCCC/C=C\C/C=C\CCCCCCCC(=O)OCC(CC)C1C(OC(=O)CCC(OCCCCCCCC)OCCCCCCCC)C(C)(C(=O)O)CCN1C. The number of carboxylic acids is 1. The average molecular weight is 834 g/mol. The van der Waals surface area contributed by atoms with E-state index < -0.39 is 35.8 Å². The summed E-state index contributed by atoms with van der Waals surface area (Å²) in [5.74, 6) is -1.86. The molecule has 1 aliphatic heterocycles. The van der Waals surface area contributed by atoms with E-state index in [0.29, 0.717) is 45.4 Å². The van der Waals surface area contributed by atoms with Crippen LogP contribution >= 0.6 is 0 Å². The van der Waals surface area contributed by atoms with Crippen molar-refractivity contribution in [1.82, 2.24) is 4.90 Å². The molecule has 0 aromatic carbocycles. The minimum atomic E-state index is -1.27. The van der Waals surface area contributed by atoms with Gasteiger partial charge < -0.3 is 24.1 Å². The summed E-state index contributed by atoms with van der Waals surface area (Å²) in [7, 11) is 1.95. The molecule has 0 radical (unpaired) electrons. The first-order valence-corrected chi connectivity index (χ1v) is 24.5. The topological polar surface area (TPSA) is 112 Å². The number of piperidine rings is 1. The second-order valence-electron chi connectivity index (χ2n) is 17.4. The predicted molar refractivity (Wildman–Crippen MR) is 242 cm³/mol. The van der Waals surface area contributed by atoms with Crippen molar-refractivity contribution >= 4 is 17.9 Å². The zero-order valence-corrected chi connectivity index (χ0v) is 39.0. The zero-order valence-electron chi connectivity index (χ0n) is 39.0. The van der Waals surface area contributed by atoms with Gasteiger partial charge in [0.1, 0.15) is 11.5 Å². The van der Waals surface area contributed by atoms with E-state index in [1.807, 2.05) is 14.0 Å². The fraction of sp³-hybridized carbons (Fsp3) is 0.860. The monoisotopic (exact) mass is 834 g/mol. The first-order valence-electron chi connectivity index (χ1n) is 24.5. The van der Waals surface area contributed by atoms with Gasteiger partial charge in [0.05, 0.1) is 19.1 Å². The van der Waals surface area contributed by atoms with E-state index in [-0.39, 0.29) is 24.9 Å². The molecule has 0 amide bonds. The highest BCUT2D eigenvalue weighted by atomic mass is 16.7. The molecule has 1 aliphatic rings. The van der Waals surface area contributed by atoms with Gasteiger partial charge in [0.25, 0.3) is 0 Å². The highest BCUT2D eigenvalue weighted by molar-refractivity contribution is 5.77. The van der Waals surface area contributed by atoms with Crippen molar-refractivity contribution < 1.29 is 38.4 Å². The number of likely N-dealkylation sites (tertiary alicyclic amines) is 1. The summed E-state index contributed by atoms with van der Waals surface area (Å²) >= 11 is 0. The van der Waals surface area contributed by atoms with E-state index in [1.165, 1.54) is 77.0 Å². The van der Waals surface area contributed by atoms with Gasteiger partial charge in [-0.25, -0.2) is 0 Å². The average Bonchev–Trinajstić information content (AvgIpc) is 3.22. The molecule has 0 aliphatic carbocycles. The van der Waals surface area contributed by atoms with Crippen molar-refractivity contribution in [3.05, 3.63) is 24.3 Å². The van der Waals surface area contributed by atoms with Crippen molar-refractivity contribution in [3.8, 4) is 0 Å². The number of nitrogens with zero attached hydrogens (tertiary/aromatic N) is 1. The number of ether oxygens (including phenoxy) is 4. The quantitative estimate of drug-likeness (QED) is 0.0280. The Bertz CT molecular complexity index is 1090. The number of allylic oxidation sites excluding steroid dienone is 4. The van der Waals surface area contributed by atoms with Crippen LogP contribution in [0, 0.1) is 11.3 Å². The maximum Gasteiger partial charge on any atom is 0.313 e. The van der Waals surface area contributed by atoms with E-state index in [2.05, 4.69) is 50.0 Å². The number of unbranched alkanes of at least 4 members (excludes halogenated alkanes) is 18. The van der Waals surface area contributed by atoms with Gasteiger partial charge in [-0.15, -0.1) is 0 Å². The highest BCUT2D eigenvalue weighted by Crippen LogP contribution is 2.40. The molecule has 4 atom stereocenters. The van der Waals surface area contributed by atoms with E-state index in [1.54, 1.807) is 6.92 Å². The largest absolute Gasteiger partial charge is 0.481 e. The van der Waals surface area contributed by atoms with Crippen molar-refractivity contribution in [3.63, 3.8) is 0 Å². The van der Waals surface area contributed by atoms with Crippen LogP contribution < -0.4 is 0 Å². The fourth-order valence-corrected chi connectivity index (χ4v) is 8.00. The van der Waals surface area contributed by atoms with Crippen LogP contribution in [0.4, 0.5) is 0 Å². The summed E-state index contributed by atoms with van der Waals surface area (Å²) in [6, 6.07) is -0.411. The van der Waals surface area contributed by atoms with Crippen LogP contribution in [0.5, 0.6) is 0 Å². The van der Waals surface area contributed by atoms with E-state index in [9.17, 15) is 19.5 Å². The summed E-state index contributed by atoms with van der Waals surface area (Å²) in [4.78, 5) is 41.3. The van der Waals surface area contributed by atoms with E-state index in [4.69, 9.17) is 18.9 Å². The predicted octanol–water partition coefficient (Wildman–Crippen LogP) is 12.9. The molecule has 0 spiro atoms. The van der Waals surface area contributed by atoms with Crippen LogP contribution in [0.1, 0.15) is 214 Å². The first-order chi connectivity index (χ1) is 28.6. The van der Waals surface area contributed by atoms with Gasteiger partial charge >= 0.3 is 17.9 Å². The Morgan fingerprint density at radius 1 is 0.678 bits per heavy atom. The van der Waals surface area contributed by atoms with Gasteiger partial charge in [-0.1, -0.05) is 148 Å². The standard InChI is InChI=1S/C50H91NO8/c1-7-11-14-17-20-21-22-23-24-25-26-27-28-29-32-35-44(52)58-42-43(10-4)47-48(50(5,49(54)55)38-39-51(47)6)59-45(53)36-37-46(56-40-33-30-18-15-12-8-2)57-41-34-31-19-16-13-9-3/h20-21,23-24,43,46-48H,7-19,22,25-42H2,1-6H3,(H,54,55)/b21-20-,24-23-. The van der Waals surface area contributed by atoms with Crippen molar-refractivity contribution in [2.75, 3.05) is 33.4 Å². The minimum Gasteiger partial charge on any atom is -0.481 e. The molecule has 344 valence electrons. The number of rotatable bonds is 39. The number of hydrogen-bond donors (Lipinski definition) is 1. The smallest absolute Gasteiger partial charge is 0.313 e. The molecule has 1 heterocycles. The molecular weight excluding hydrogens is 743 g/mol. The summed E-state index contributed by atoms with van der Waals surface area (Å²) in [6.07, 6.45) is 35.8. The molecule has 0 aromatic rings. The molecule has 1 rings (SSSR count). The van der Waals surface area contributed by atoms with Gasteiger partial charge in [0.2, 0.25) is 0 Å². The fourth-order valence-electron chi connectivity index (χ4n) is 8.00. The maximum absolute atomic E-state index is 13.6. The van der Waals surface area contributed by atoms with Gasteiger partial charge in [-0.3, -0.25) is 19.3 Å². The van der Waals surface area contributed by atoms with Crippen LogP contribution in [0.15, 0.2) is 24.3 Å². The Morgan fingerprint density at radius 3 is 1.75 bits per heavy atom. The number of esters is 2. The Morgan fingerprint density at radius 2 is 1.19 bits per heavy atom. The molecule has 4 unspecified atom stereocenters. The van der Waals surface area contributed by atoms with E-state index >= 15 is 0 Å². The Kier molecular flexibility index (Phi) is 33.8. The number of aliphatic carboxylic acids is 1. The summed E-state index contributed by atoms with van der Waals surface area (Å²) in [6.45, 7) is 12.2. The van der Waals surface area contributed by atoms with Gasteiger partial charge in [0, 0.05) is 32.0 Å². The molecule has 1 saturated heterocycles. The lowest BCUT2D eigenvalue weighted by atomic mass is 9.70. The van der Waals surface area contributed by atoms with Crippen LogP contribution in [0.2, 0.25) is 0 Å². The molecule has 9 heteroatoms. The second kappa shape index (κ2) is 36.4. The molecule has 0 aromatic heterocycles. The zero-order chi connectivity index (χ0) is 43.4. The summed E-state index contributed by atoms with van der Waals surface area (Å²) in [5, 5.41) is 10.5. The number of carboxylic acid groups (broad SMARTS) is 1. The van der Waals surface area contributed by atoms with Crippen molar-refractivity contribution in [2.45, 2.75) is 233 Å². The summed E-state index contributed by atoms with van der Waals surface area (Å²) in [5.41, 5.74) is -1.27. The summed E-state index contributed by atoms with van der Waals surface area (Å²) < 4.78 is 24.3. The molecule has 59 heavy (non-hydrogen) atoms. The Balaban J connectivity index is 2.69. The minimum absolute atomic E-state index is 0.0691. The van der Waals surface area contributed by atoms with E-state index in [0.717, 1.165) is 70.6 Å². The highest BCUT2D eigenvalue weighted by Gasteiger charge is 2.54. The number of carbonyl (C=O) groups is 3. The lowest BCUT2D eigenvalue weighted by Gasteiger charge is -2.49. The third-order valence-corrected chi connectivity index (χ3v) is 12.2. The van der Waals surface area contributed by atoms with Crippen LogP contribution in [-0.4, -0.2) is 79.8 Å². The van der Waals surface area contributed by atoms with Crippen LogP contribution in [0.25, 0.3) is 0 Å². The Hall–Kier alpha value is -2.23. The lowest BCUT2D eigenvalue weighted by Crippen LogP contribution is -2.62. The Labute approximate surface area is 362 Å². The number of hydrogen-bond acceptors (Lipinski definition) is 8. The third kappa shape index (κ3) is 26.0. The first kappa shape index (κ1) is 54.8. The van der Waals surface area contributed by atoms with Crippen molar-refractivity contribution in [1.29, 1.82) is 0 Å². The second-order valence-corrected chi connectivity index (χ2v) is 17.4. The molecule has 9 nitrogen and oxygen atoms in total. The molecule has 1 fully saturated rings. The van der Waals surface area contributed by atoms with Gasteiger partial charge in [-0.05, 0) is 84.7 Å². The van der Waals surface area contributed by atoms with Crippen molar-refractivity contribution in [2.24, 2.45) is 11.3 Å². The maximum atomic E-state index is 13.6. The van der Waals surface area contributed by atoms with Crippen LogP contribution in [0.3, 0.4) is 0 Å². The molecular formula is C50H91NO8. The lowest BCUT2D eigenvalue weighted by molar-refractivity contribution is -0.189. The number of carbonyl (C=O) groups excluding carboxylic acids is 2. The van der Waals surface area contributed by atoms with Crippen LogP contribution in [-0.2, 0) is 33.3 Å². The van der Waals surface area contributed by atoms with Gasteiger partial charge in [-0.2, -0.15) is 0 Å². The molecule has 1 N–H and O–H groups in total. The van der Waals surface area contributed by atoms with Gasteiger partial charge in [0.15, 0.2) is 6.29 Å². The third-order valence-electron chi connectivity index (χ3n) is 12.2.